The zero-order valence-electron chi connectivity index (χ0n) is 12.0. The van der Waals surface area contributed by atoms with Gasteiger partial charge < -0.3 is 10.6 Å². The Morgan fingerprint density at radius 2 is 1.48 bits per heavy atom. The average Bonchev–Trinajstić information content (AvgIpc) is 2.57. The molecule has 0 bridgehead atoms. The fraction of sp³-hybridized carbons (Fsp3) is 0.158. The molecule has 21 heavy (non-hydrogen) atoms. The van der Waals surface area contributed by atoms with Crippen LogP contribution in [-0.4, -0.2) is 6.67 Å². The summed E-state index contributed by atoms with van der Waals surface area (Å²) in [7, 11) is 0. The smallest absolute Gasteiger partial charge is 0.0849 e. The molecule has 0 aliphatic heterocycles. The van der Waals surface area contributed by atoms with Crippen molar-refractivity contribution in [2.75, 3.05) is 17.3 Å². The molecule has 2 heteroatoms. The van der Waals surface area contributed by atoms with Crippen molar-refractivity contribution in [3.63, 3.8) is 0 Å². The van der Waals surface area contributed by atoms with Crippen LogP contribution in [-0.2, 0) is 0 Å². The molecule has 3 rings (SSSR count). The van der Waals surface area contributed by atoms with E-state index in [1.807, 2.05) is 18.2 Å². The molecule has 2 aromatic carbocycles. The second-order valence-corrected chi connectivity index (χ2v) is 5.11. The highest BCUT2D eigenvalue weighted by Crippen LogP contribution is 2.22. The monoisotopic (exact) mass is 276 g/mol. The first-order valence-corrected chi connectivity index (χ1v) is 7.42. The average molecular weight is 276 g/mol. The van der Waals surface area contributed by atoms with E-state index in [2.05, 4.69) is 65.3 Å². The molecular weight excluding hydrogens is 256 g/mol. The molecule has 1 aliphatic rings. The number of hydrogen-bond donors (Lipinski definition) is 2. The van der Waals surface area contributed by atoms with Gasteiger partial charge in [0.2, 0.25) is 0 Å². The molecule has 0 aromatic heterocycles. The van der Waals surface area contributed by atoms with Gasteiger partial charge in [0.05, 0.1) is 6.67 Å². The number of nitrogens with one attached hydrogen (secondary N) is 2. The molecule has 1 aliphatic carbocycles. The van der Waals surface area contributed by atoms with Crippen LogP contribution >= 0.6 is 0 Å². The third kappa shape index (κ3) is 3.76. The highest BCUT2D eigenvalue weighted by molar-refractivity contribution is 5.75. The summed E-state index contributed by atoms with van der Waals surface area (Å²) in [6.07, 6.45) is 9.06. The van der Waals surface area contributed by atoms with Gasteiger partial charge in [0.1, 0.15) is 0 Å². The molecule has 0 saturated heterocycles. The third-order valence-corrected chi connectivity index (χ3v) is 3.57. The lowest BCUT2D eigenvalue weighted by Crippen LogP contribution is -2.11. The number of benzene rings is 2. The van der Waals surface area contributed by atoms with Gasteiger partial charge in [-0.25, -0.2) is 0 Å². The Balaban J connectivity index is 1.55. The number of hydrogen-bond acceptors (Lipinski definition) is 2. The van der Waals surface area contributed by atoms with Gasteiger partial charge >= 0.3 is 0 Å². The first-order chi connectivity index (χ1) is 10.4. The Kier molecular flexibility index (Phi) is 4.37. The molecular formula is C19H20N2. The third-order valence-electron chi connectivity index (χ3n) is 3.57. The Labute approximate surface area is 126 Å². The van der Waals surface area contributed by atoms with Gasteiger partial charge in [-0.05, 0) is 48.2 Å². The predicted molar refractivity (Wildman–Crippen MR) is 91.3 cm³/mol. The first kappa shape index (κ1) is 13.5. The molecule has 2 aromatic rings. The summed E-state index contributed by atoms with van der Waals surface area (Å²) in [5, 5.41) is 6.71. The summed E-state index contributed by atoms with van der Waals surface area (Å²) in [5.41, 5.74) is 4.87. The van der Waals surface area contributed by atoms with E-state index in [1.54, 1.807) is 0 Å². The number of para-hydroxylation sites is 1. The van der Waals surface area contributed by atoms with E-state index in [9.17, 15) is 0 Å². The summed E-state index contributed by atoms with van der Waals surface area (Å²) >= 11 is 0. The fourth-order valence-electron chi connectivity index (χ4n) is 2.41. The lowest BCUT2D eigenvalue weighted by molar-refractivity contribution is 1.04. The molecule has 0 spiro atoms. The molecule has 2 N–H and O–H groups in total. The van der Waals surface area contributed by atoms with Crippen molar-refractivity contribution in [1.82, 2.24) is 0 Å². The van der Waals surface area contributed by atoms with Gasteiger partial charge in [-0.3, -0.25) is 0 Å². The van der Waals surface area contributed by atoms with Gasteiger partial charge in [0.25, 0.3) is 0 Å². The second-order valence-electron chi connectivity index (χ2n) is 5.11. The molecule has 0 atom stereocenters. The summed E-state index contributed by atoms with van der Waals surface area (Å²) in [6, 6.07) is 18.8. The van der Waals surface area contributed by atoms with Crippen LogP contribution in [0.15, 0.2) is 72.8 Å². The van der Waals surface area contributed by atoms with E-state index in [4.69, 9.17) is 0 Å². The van der Waals surface area contributed by atoms with Gasteiger partial charge in [-0.2, -0.15) is 0 Å². The Bertz CT molecular complexity index is 624. The van der Waals surface area contributed by atoms with Crippen LogP contribution in [0.25, 0.3) is 5.57 Å². The Hall–Kier alpha value is -2.48. The second kappa shape index (κ2) is 6.80. The zero-order chi connectivity index (χ0) is 14.3. The van der Waals surface area contributed by atoms with Crippen molar-refractivity contribution in [3.05, 3.63) is 78.4 Å². The summed E-state index contributed by atoms with van der Waals surface area (Å²) in [6.45, 7) is 0.714. The highest BCUT2D eigenvalue weighted by atomic mass is 15.1. The van der Waals surface area contributed by atoms with E-state index in [-0.39, 0.29) is 0 Å². The number of allylic oxidation sites excluding steroid dienone is 4. The van der Waals surface area contributed by atoms with E-state index in [0.717, 1.165) is 24.2 Å². The lowest BCUT2D eigenvalue weighted by atomic mass is 9.99. The van der Waals surface area contributed by atoms with Crippen molar-refractivity contribution in [3.8, 4) is 0 Å². The fourth-order valence-corrected chi connectivity index (χ4v) is 2.41. The Morgan fingerprint density at radius 3 is 2.14 bits per heavy atom. The maximum Gasteiger partial charge on any atom is 0.0849 e. The van der Waals surface area contributed by atoms with Crippen molar-refractivity contribution < 1.29 is 0 Å². The standard InChI is InChI=1S/C19H20N2/c1-3-7-16(8-4-1)17-11-13-19(14-12-17)21-15-20-18-9-5-2-6-10-18/h2-3,5-14,20-21H,1,4,15H2. The Morgan fingerprint density at radius 1 is 0.762 bits per heavy atom. The summed E-state index contributed by atoms with van der Waals surface area (Å²) in [4.78, 5) is 0. The van der Waals surface area contributed by atoms with Crippen LogP contribution in [0.1, 0.15) is 18.4 Å². The van der Waals surface area contributed by atoms with Crippen molar-refractivity contribution in [1.29, 1.82) is 0 Å². The van der Waals surface area contributed by atoms with Crippen LogP contribution in [0.4, 0.5) is 11.4 Å². The van der Waals surface area contributed by atoms with E-state index in [1.165, 1.54) is 11.1 Å². The van der Waals surface area contributed by atoms with Crippen LogP contribution in [0.3, 0.4) is 0 Å². The topological polar surface area (TPSA) is 24.1 Å². The van der Waals surface area contributed by atoms with E-state index < -0.39 is 0 Å². The van der Waals surface area contributed by atoms with Gasteiger partial charge in [-0.15, -0.1) is 0 Å². The number of anilines is 2. The maximum absolute atomic E-state index is 3.37. The van der Waals surface area contributed by atoms with Crippen molar-refractivity contribution >= 4 is 16.9 Å². The van der Waals surface area contributed by atoms with Crippen molar-refractivity contribution in [2.45, 2.75) is 12.8 Å². The summed E-state index contributed by atoms with van der Waals surface area (Å²) in [5.74, 6) is 0. The van der Waals surface area contributed by atoms with E-state index >= 15 is 0 Å². The van der Waals surface area contributed by atoms with Gasteiger partial charge in [-0.1, -0.05) is 48.6 Å². The minimum Gasteiger partial charge on any atom is -0.368 e. The highest BCUT2D eigenvalue weighted by Gasteiger charge is 2.01. The summed E-state index contributed by atoms with van der Waals surface area (Å²) < 4.78 is 0. The normalized spacial score (nSPS) is 13.6. The van der Waals surface area contributed by atoms with Crippen molar-refractivity contribution in [2.24, 2.45) is 0 Å². The predicted octanol–water partition coefficient (Wildman–Crippen LogP) is 4.90. The van der Waals surface area contributed by atoms with E-state index in [0.29, 0.717) is 6.67 Å². The largest absolute Gasteiger partial charge is 0.368 e. The van der Waals surface area contributed by atoms with Crippen LogP contribution in [0, 0.1) is 0 Å². The minimum atomic E-state index is 0.714. The van der Waals surface area contributed by atoms with Gasteiger partial charge in [0, 0.05) is 11.4 Å². The molecule has 2 nitrogen and oxygen atoms in total. The maximum atomic E-state index is 3.37. The molecule has 0 unspecified atom stereocenters. The van der Waals surface area contributed by atoms with Crippen LogP contribution < -0.4 is 10.6 Å². The molecule has 0 saturated carbocycles. The minimum absolute atomic E-state index is 0.714. The molecule has 0 heterocycles. The van der Waals surface area contributed by atoms with Crippen LogP contribution in [0.5, 0.6) is 0 Å². The number of rotatable bonds is 5. The SMILES string of the molecule is C1=CC(c2ccc(NCNc3ccccc3)cc2)=CCC1. The lowest BCUT2D eigenvalue weighted by Gasteiger charge is -2.11. The molecule has 106 valence electrons. The van der Waals surface area contributed by atoms with Crippen LogP contribution in [0.2, 0.25) is 0 Å². The quantitative estimate of drug-likeness (QED) is 0.759. The zero-order valence-corrected chi connectivity index (χ0v) is 12.0. The van der Waals surface area contributed by atoms with Gasteiger partial charge in [0.15, 0.2) is 0 Å². The molecule has 0 fully saturated rings. The molecule has 0 radical (unpaired) electrons. The first-order valence-electron chi connectivity index (χ1n) is 7.42. The molecule has 0 amide bonds.